The molecule has 132 valence electrons. The van der Waals surface area contributed by atoms with Gasteiger partial charge in [-0.2, -0.15) is 4.89 Å². The molecular weight excluding hydrogens is 296 g/mol. The summed E-state index contributed by atoms with van der Waals surface area (Å²) in [4.78, 5) is 21.9. The molecule has 1 aliphatic heterocycles. The number of hydrogen-bond acceptors (Lipinski definition) is 4. The monoisotopic (exact) mass is 326 g/mol. The number of ether oxygens (including phenoxy) is 1. The Morgan fingerprint density at radius 1 is 1.48 bits per heavy atom. The first-order valence-corrected chi connectivity index (χ1v) is 8.43. The van der Waals surface area contributed by atoms with E-state index in [0.717, 1.165) is 25.7 Å². The van der Waals surface area contributed by atoms with Gasteiger partial charge in [-0.15, -0.1) is 0 Å². The first kappa shape index (κ1) is 19.9. The van der Waals surface area contributed by atoms with Crippen LogP contribution in [0.3, 0.4) is 0 Å². The minimum absolute atomic E-state index is 0.0106. The van der Waals surface area contributed by atoms with E-state index >= 15 is 0 Å². The summed E-state index contributed by atoms with van der Waals surface area (Å²) in [5, 5.41) is 9.08. The molecule has 1 heterocycles. The van der Waals surface area contributed by atoms with Crippen LogP contribution < -0.4 is 0 Å². The van der Waals surface area contributed by atoms with Gasteiger partial charge >= 0.3 is 5.97 Å². The second-order valence-corrected chi connectivity index (χ2v) is 6.12. The third-order valence-corrected chi connectivity index (χ3v) is 4.21. The summed E-state index contributed by atoms with van der Waals surface area (Å²) in [5.74, 6) is -2.14. The molecule has 1 rings (SSSR count). The van der Waals surface area contributed by atoms with Gasteiger partial charge in [0.15, 0.2) is 0 Å². The van der Waals surface area contributed by atoms with Crippen LogP contribution in [0.1, 0.15) is 59.8 Å². The van der Waals surface area contributed by atoms with Crippen LogP contribution in [0.4, 0.5) is 0 Å². The third kappa shape index (κ3) is 6.45. The van der Waals surface area contributed by atoms with Gasteiger partial charge in [-0.3, -0.25) is 4.79 Å². The van der Waals surface area contributed by atoms with Gasteiger partial charge in [0.05, 0.1) is 6.10 Å². The molecule has 3 atom stereocenters. The van der Waals surface area contributed by atoms with E-state index < -0.39 is 11.8 Å². The summed E-state index contributed by atoms with van der Waals surface area (Å²) >= 11 is 0. The van der Waals surface area contributed by atoms with Gasteiger partial charge in [-0.1, -0.05) is 30.7 Å². The third-order valence-electron chi connectivity index (χ3n) is 4.21. The number of carbonyl (C=O) groups is 1. The lowest BCUT2D eigenvalue weighted by molar-refractivity contribution is -0.482. The smallest absolute Gasteiger partial charge is 0.308 e. The molecule has 0 aromatic rings. The van der Waals surface area contributed by atoms with E-state index in [2.05, 4.69) is 25.2 Å². The van der Waals surface area contributed by atoms with E-state index in [9.17, 15) is 4.79 Å². The van der Waals surface area contributed by atoms with Crippen molar-refractivity contribution in [3.8, 4) is 0 Å². The lowest BCUT2D eigenvalue weighted by Gasteiger charge is -2.42. The van der Waals surface area contributed by atoms with Crippen molar-refractivity contribution < 1.29 is 24.4 Å². The maximum Gasteiger partial charge on any atom is 0.308 e. The molecule has 5 heteroatoms. The van der Waals surface area contributed by atoms with E-state index in [1.54, 1.807) is 0 Å². The zero-order valence-electron chi connectivity index (χ0n) is 14.7. The molecule has 1 fully saturated rings. The lowest BCUT2D eigenvalue weighted by atomic mass is 9.89. The van der Waals surface area contributed by atoms with Crippen LogP contribution in [0, 0.1) is 5.92 Å². The van der Waals surface area contributed by atoms with Crippen LogP contribution >= 0.6 is 0 Å². The Morgan fingerprint density at radius 2 is 2.22 bits per heavy atom. The van der Waals surface area contributed by atoms with E-state index in [1.807, 2.05) is 20.8 Å². The molecule has 23 heavy (non-hydrogen) atoms. The van der Waals surface area contributed by atoms with Crippen molar-refractivity contribution in [1.29, 1.82) is 0 Å². The first-order chi connectivity index (χ1) is 10.9. The quantitative estimate of drug-likeness (QED) is 0.390. The molecule has 1 N–H and O–H groups in total. The lowest BCUT2D eigenvalue weighted by Crippen LogP contribution is -2.50. The maximum atomic E-state index is 11.1. The highest BCUT2D eigenvalue weighted by Gasteiger charge is 2.46. The first-order valence-electron chi connectivity index (χ1n) is 8.43. The molecule has 0 amide bonds. The molecule has 0 saturated carbocycles. The number of hydrogen-bond donors (Lipinski definition) is 1. The highest BCUT2D eigenvalue weighted by Crippen LogP contribution is 2.37. The van der Waals surface area contributed by atoms with Crippen molar-refractivity contribution in [2.45, 2.75) is 71.7 Å². The molecule has 1 aliphatic rings. The SMILES string of the molecule is CC=C(C)C=CCCCC1CC(C)C(CC(=O)O)(OCC)OO1. The number of carboxylic acids is 1. The summed E-state index contributed by atoms with van der Waals surface area (Å²) < 4.78 is 5.58. The number of allylic oxidation sites excluding steroid dienone is 4. The fourth-order valence-corrected chi connectivity index (χ4v) is 2.72. The predicted molar refractivity (Wildman–Crippen MR) is 88.8 cm³/mol. The normalized spacial score (nSPS) is 29.1. The molecular formula is C18H30O5. The largest absolute Gasteiger partial charge is 0.481 e. The van der Waals surface area contributed by atoms with Crippen LogP contribution in [0.5, 0.6) is 0 Å². The Morgan fingerprint density at radius 3 is 2.78 bits per heavy atom. The Bertz CT molecular complexity index is 429. The van der Waals surface area contributed by atoms with Gasteiger partial charge in [0.2, 0.25) is 5.79 Å². The number of carboxylic acid groups (broad SMARTS) is 1. The molecule has 0 aliphatic carbocycles. The second kappa shape index (κ2) is 9.85. The van der Waals surface area contributed by atoms with Gasteiger partial charge in [-0.05, 0) is 46.5 Å². The van der Waals surface area contributed by atoms with Crippen molar-refractivity contribution in [1.82, 2.24) is 0 Å². The zero-order chi connectivity index (χ0) is 17.3. The fourth-order valence-electron chi connectivity index (χ4n) is 2.72. The average Bonchev–Trinajstić information content (AvgIpc) is 2.50. The molecule has 0 radical (unpaired) electrons. The van der Waals surface area contributed by atoms with Crippen LogP contribution in [0.2, 0.25) is 0 Å². The van der Waals surface area contributed by atoms with Gasteiger partial charge < -0.3 is 9.84 Å². The van der Waals surface area contributed by atoms with Gasteiger partial charge in [0, 0.05) is 12.5 Å². The molecule has 5 nitrogen and oxygen atoms in total. The highest BCUT2D eigenvalue weighted by atomic mass is 17.2. The standard InChI is InChI=1S/C18H30O5/c1-5-14(3)10-8-7-9-11-16-12-15(4)18(21-6-2,23-22-16)13-17(19)20/h5,8,10,15-16H,6-7,9,11-13H2,1-4H3,(H,19,20). The predicted octanol–water partition coefficient (Wildman–Crippen LogP) is 4.24. The summed E-state index contributed by atoms with van der Waals surface area (Å²) in [6.07, 6.45) is 9.77. The summed E-state index contributed by atoms with van der Waals surface area (Å²) in [7, 11) is 0. The van der Waals surface area contributed by atoms with Crippen LogP contribution in [0.15, 0.2) is 23.8 Å². The van der Waals surface area contributed by atoms with E-state index in [1.165, 1.54) is 5.57 Å². The van der Waals surface area contributed by atoms with Crippen molar-refractivity contribution in [3.05, 3.63) is 23.8 Å². The van der Waals surface area contributed by atoms with Crippen molar-refractivity contribution in [3.63, 3.8) is 0 Å². The van der Waals surface area contributed by atoms with Gasteiger partial charge in [0.1, 0.15) is 6.42 Å². The molecule has 0 spiro atoms. The average molecular weight is 326 g/mol. The summed E-state index contributed by atoms with van der Waals surface area (Å²) in [5.41, 5.74) is 1.26. The Balaban J connectivity index is 2.44. The fraction of sp³-hybridized carbons (Fsp3) is 0.722. The van der Waals surface area contributed by atoms with Crippen molar-refractivity contribution in [2.24, 2.45) is 5.92 Å². The Kier molecular flexibility index (Phi) is 8.52. The van der Waals surface area contributed by atoms with Gasteiger partial charge in [-0.25, -0.2) is 4.89 Å². The van der Waals surface area contributed by atoms with Crippen LogP contribution in [-0.4, -0.2) is 29.6 Å². The number of aliphatic carboxylic acids is 1. The molecule has 1 saturated heterocycles. The molecule has 0 aromatic heterocycles. The zero-order valence-corrected chi connectivity index (χ0v) is 14.7. The Hall–Kier alpha value is -1.17. The van der Waals surface area contributed by atoms with E-state index in [4.69, 9.17) is 19.6 Å². The van der Waals surface area contributed by atoms with Crippen LogP contribution in [-0.2, 0) is 19.3 Å². The highest BCUT2D eigenvalue weighted by molar-refractivity contribution is 5.67. The topological polar surface area (TPSA) is 65.0 Å². The van der Waals surface area contributed by atoms with Crippen molar-refractivity contribution >= 4 is 5.97 Å². The summed E-state index contributed by atoms with van der Waals surface area (Å²) in [6, 6.07) is 0. The molecule has 3 unspecified atom stereocenters. The van der Waals surface area contributed by atoms with Gasteiger partial charge in [0.25, 0.3) is 0 Å². The maximum absolute atomic E-state index is 11.1. The van der Waals surface area contributed by atoms with Crippen molar-refractivity contribution in [2.75, 3.05) is 6.61 Å². The molecule has 0 aromatic carbocycles. The number of rotatable bonds is 9. The van der Waals surface area contributed by atoms with Crippen LogP contribution in [0.25, 0.3) is 0 Å². The van der Waals surface area contributed by atoms with E-state index in [0.29, 0.717) is 6.61 Å². The summed E-state index contributed by atoms with van der Waals surface area (Å²) in [6.45, 7) is 8.27. The number of unbranched alkanes of at least 4 members (excludes halogenated alkanes) is 1. The minimum Gasteiger partial charge on any atom is -0.481 e. The minimum atomic E-state index is -1.17. The second-order valence-electron chi connectivity index (χ2n) is 6.12. The molecule has 0 bridgehead atoms. The Labute approximate surface area is 139 Å². The van der Waals surface area contributed by atoms with E-state index in [-0.39, 0.29) is 18.4 Å².